The van der Waals surface area contributed by atoms with E-state index in [2.05, 4.69) is 80.6 Å². The first-order chi connectivity index (χ1) is 8.45. The number of hydrogen-bond donors (Lipinski definition) is 0. The number of halogens is 1. The first-order valence-corrected chi connectivity index (χ1v) is 7.06. The monoisotopic (exact) mass is 352 g/mol. The average molecular weight is 352 g/mol. The Labute approximate surface area is 122 Å². The molecule has 0 fully saturated rings. The van der Waals surface area contributed by atoms with Crippen molar-refractivity contribution < 1.29 is 4.74 Å². The lowest BCUT2D eigenvalue weighted by molar-refractivity contribution is 0.474. The van der Waals surface area contributed by atoms with Crippen LogP contribution in [0.25, 0.3) is 0 Å². The zero-order valence-electron chi connectivity index (χ0n) is 11.2. The van der Waals surface area contributed by atoms with Crippen LogP contribution in [-0.2, 0) is 0 Å². The summed E-state index contributed by atoms with van der Waals surface area (Å²) in [7, 11) is 0. The molecule has 0 radical (unpaired) electrons. The van der Waals surface area contributed by atoms with Gasteiger partial charge in [0, 0.05) is 3.57 Å². The topological polar surface area (TPSA) is 9.23 Å². The van der Waals surface area contributed by atoms with E-state index in [-0.39, 0.29) is 0 Å². The van der Waals surface area contributed by atoms with Crippen molar-refractivity contribution in [2.75, 3.05) is 0 Å². The summed E-state index contributed by atoms with van der Waals surface area (Å²) >= 11 is 2.33. The molecule has 0 spiro atoms. The van der Waals surface area contributed by atoms with Crippen LogP contribution in [0.5, 0.6) is 11.5 Å². The summed E-state index contributed by atoms with van der Waals surface area (Å²) in [6.45, 7) is 8.36. The highest BCUT2D eigenvalue weighted by atomic mass is 127. The fourth-order valence-electron chi connectivity index (χ4n) is 2.17. The van der Waals surface area contributed by atoms with Gasteiger partial charge < -0.3 is 4.74 Å². The fraction of sp³-hybridized carbons (Fsp3) is 0.250. The highest BCUT2D eigenvalue weighted by Crippen LogP contribution is 2.31. The molecule has 2 aromatic rings. The van der Waals surface area contributed by atoms with E-state index < -0.39 is 0 Å². The van der Waals surface area contributed by atoms with Crippen molar-refractivity contribution in [1.82, 2.24) is 0 Å². The van der Waals surface area contributed by atoms with Crippen LogP contribution in [-0.4, -0.2) is 0 Å². The van der Waals surface area contributed by atoms with Gasteiger partial charge in [0.2, 0.25) is 0 Å². The van der Waals surface area contributed by atoms with Crippen LogP contribution in [0.4, 0.5) is 0 Å². The first kappa shape index (κ1) is 13.4. The van der Waals surface area contributed by atoms with Gasteiger partial charge in [0.25, 0.3) is 0 Å². The van der Waals surface area contributed by atoms with Crippen LogP contribution in [0.2, 0.25) is 0 Å². The van der Waals surface area contributed by atoms with Crippen molar-refractivity contribution in [3.05, 3.63) is 56.2 Å². The first-order valence-electron chi connectivity index (χ1n) is 5.98. The Morgan fingerprint density at radius 1 is 0.778 bits per heavy atom. The third-order valence-corrected chi connectivity index (χ3v) is 3.46. The molecule has 94 valence electrons. The van der Waals surface area contributed by atoms with E-state index in [0.717, 1.165) is 11.5 Å². The summed E-state index contributed by atoms with van der Waals surface area (Å²) in [6.07, 6.45) is 0. The lowest BCUT2D eigenvalue weighted by Crippen LogP contribution is -1.93. The zero-order chi connectivity index (χ0) is 13.3. The lowest BCUT2D eigenvalue weighted by atomic mass is 10.1. The van der Waals surface area contributed by atoms with Gasteiger partial charge in [0.15, 0.2) is 0 Å². The van der Waals surface area contributed by atoms with Gasteiger partial charge in [-0.1, -0.05) is 6.07 Å². The van der Waals surface area contributed by atoms with Crippen LogP contribution in [0.3, 0.4) is 0 Å². The van der Waals surface area contributed by atoms with E-state index in [1.54, 1.807) is 0 Å². The van der Waals surface area contributed by atoms with Crippen molar-refractivity contribution in [1.29, 1.82) is 0 Å². The molecule has 0 bridgehead atoms. The predicted octanol–water partition coefficient (Wildman–Crippen LogP) is 5.32. The maximum atomic E-state index is 6.05. The summed E-state index contributed by atoms with van der Waals surface area (Å²) in [5.74, 6) is 1.89. The van der Waals surface area contributed by atoms with E-state index in [0.29, 0.717) is 0 Å². The van der Waals surface area contributed by atoms with E-state index in [9.17, 15) is 0 Å². The molecular weight excluding hydrogens is 335 g/mol. The molecule has 0 aromatic heterocycles. The largest absolute Gasteiger partial charge is 0.457 e. The Hall–Kier alpha value is -1.03. The van der Waals surface area contributed by atoms with Crippen molar-refractivity contribution in [3.8, 4) is 11.5 Å². The van der Waals surface area contributed by atoms with E-state index in [1.165, 1.54) is 25.8 Å². The molecule has 2 rings (SSSR count). The number of hydrogen-bond acceptors (Lipinski definition) is 1. The Kier molecular flexibility index (Phi) is 3.95. The molecule has 0 saturated carbocycles. The molecule has 2 aromatic carbocycles. The Bertz CT molecular complexity index is 544. The number of ether oxygens (including phenoxy) is 1. The Morgan fingerprint density at radius 2 is 1.28 bits per heavy atom. The van der Waals surface area contributed by atoms with Gasteiger partial charge in [-0.3, -0.25) is 0 Å². The standard InChI is InChI=1S/C16H17IO/c1-10-5-11(2)7-15(6-10)18-16-12(3)8-14(17)9-13(16)4/h5-9H,1-4H3. The second-order valence-electron chi connectivity index (χ2n) is 4.79. The minimum atomic E-state index is 0.917. The summed E-state index contributed by atoms with van der Waals surface area (Å²) in [5, 5.41) is 0. The third-order valence-electron chi connectivity index (χ3n) is 2.84. The summed E-state index contributed by atoms with van der Waals surface area (Å²) in [6, 6.07) is 10.6. The quantitative estimate of drug-likeness (QED) is 0.665. The molecule has 0 saturated heterocycles. The van der Waals surface area contributed by atoms with Crippen molar-refractivity contribution in [2.45, 2.75) is 27.7 Å². The minimum absolute atomic E-state index is 0.917. The highest BCUT2D eigenvalue weighted by molar-refractivity contribution is 14.1. The van der Waals surface area contributed by atoms with Crippen molar-refractivity contribution in [2.24, 2.45) is 0 Å². The van der Waals surface area contributed by atoms with E-state index in [4.69, 9.17) is 4.74 Å². The highest BCUT2D eigenvalue weighted by Gasteiger charge is 2.07. The normalized spacial score (nSPS) is 10.5. The molecule has 1 nitrogen and oxygen atoms in total. The molecule has 0 aliphatic carbocycles. The van der Waals surface area contributed by atoms with Crippen LogP contribution >= 0.6 is 22.6 Å². The van der Waals surface area contributed by atoms with E-state index in [1.807, 2.05) is 0 Å². The third kappa shape index (κ3) is 3.05. The Balaban J connectivity index is 2.40. The maximum absolute atomic E-state index is 6.05. The second kappa shape index (κ2) is 5.31. The molecule has 0 amide bonds. The van der Waals surface area contributed by atoms with E-state index >= 15 is 0 Å². The molecule has 0 unspecified atom stereocenters. The summed E-state index contributed by atoms with van der Waals surface area (Å²) in [5.41, 5.74) is 4.81. The number of benzene rings is 2. The molecule has 0 N–H and O–H groups in total. The summed E-state index contributed by atoms with van der Waals surface area (Å²) in [4.78, 5) is 0. The van der Waals surface area contributed by atoms with Gasteiger partial charge in [0.05, 0.1) is 0 Å². The van der Waals surface area contributed by atoms with Crippen LogP contribution in [0, 0.1) is 31.3 Å². The lowest BCUT2D eigenvalue weighted by Gasteiger charge is -2.13. The van der Waals surface area contributed by atoms with Crippen molar-refractivity contribution in [3.63, 3.8) is 0 Å². The minimum Gasteiger partial charge on any atom is -0.457 e. The maximum Gasteiger partial charge on any atom is 0.133 e. The SMILES string of the molecule is Cc1cc(C)cc(Oc2c(C)cc(I)cc2C)c1. The van der Waals surface area contributed by atoms with Gasteiger partial charge >= 0.3 is 0 Å². The Morgan fingerprint density at radius 3 is 1.78 bits per heavy atom. The molecule has 0 aliphatic rings. The van der Waals surface area contributed by atoms with Crippen molar-refractivity contribution >= 4 is 22.6 Å². The molecule has 0 aliphatic heterocycles. The van der Waals surface area contributed by atoms with Gasteiger partial charge in [-0.2, -0.15) is 0 Å². The molecule has 0 atom stereocenters. The van der Waals surface area contributed by atoms with Crippen LogP contribution in [0.15, 0.2) is 30.3 Å². The van der Waals surface area contributed by atoms with Gasteiger partial charge in [-0.25, -0.2) is 0 Å². The smallest absolute Gasteiger partial charge is 0.133 e. The van der Waals surface area contributed by atoms with Crippen LogP contribution < -0.4 is 4.74 Å². The molecule has 18 heavy (non-hydrogen) atoms. The van der Waals surface area contributed by atoms with Gasteiger partial charge in [0.1, 0.15) is 11.5 Å². The second-order valence-corrected chi connectivity index (χ2v) is 6.04. The predicted molar refractivity (Wildman–Crippen MR) is 84.6 cm³/mol. The van der Waals surface area contributed by atoms with Gasteiger partial charge in [-0.05, 0) is 96.8 Å². The molecular formula is C16H17IO. The number of rotatable bonds is 2. The fourth-order valence-corrected chi connectivity index (χ4v) is 3.10. The number of aryl methyl sites for hydroxylation is 4. The van der Waals surface area contributed by atoms with Gasteiger partial charge in [-0.15, -0.1) is 0 Å². The molecule has 0 heterocycles. The summed E-state index contributed by atoms with van der Waals surface area (Å²) < 4.78 is 7.30. The average Bonchev–Trinajstić information content (AvgIpc) is 2.22. The molecule has 2 heteroatoms. The van der Waals surface area contributed by atoms with Crippen LogP contribution in [0.1, 0.15) is 22.3 Å². The zero-order valence-corrected chi connectivity index (χ0v) is 13.3.